The number of benzene rings is 1. The molecule has 1 atom stereocenters. The highest BCUT2D eigenvalue weighted by molar-refractivity contribution is 5.92. The van der Waals surface area contributed by atoms with Gasteiger partial charge in [-0.15, -0.1) is 10.2 Å². The first-order valence-electron chi connectivity index (χ1n) is 8.54. The fourth-order valence-corrected chi connectivity index (χ4v) is 3.23. The van der Waals surface area contributed by atoms with Gasteiger partial charge >= 0.3 is 0 Å². The molecule has 26 heavy (non-hydrogen) atoms. The van der Waals surface area contributed by atoms with E-state index in [1.54, 1.807) is 30.0 Å². The van der Waals surface area contributed by atoms with Crippen molar-refractivity contribution in [2.45, 2.75) is 32.2 Å². The van der Waals surface area contributed by atoms with Crippen molar-refractivity contribution in [1.29, 1.82) is 0 Å². The molecule has 0 bridgehead atoms. The summed E-state index contributed by atoms with van der Waals surface area (Å²) in [5.74, 6) is 0.552. The third-order valence-corrected chi connectivity index (χ3v) is 4.53. The summed E-state index contributed by atoms with van der Waals surface area (Å²) >= 11 is 0. The zero-order valence-electron chi connectivity index (χ0n) is 14.3. The Morgan fingerprint density at radius 3 is 2.92 bits per heavy atom. The summed E-state index contributed by atoms with van der Waals surface area (Å²) in [7, 11) is 0. The van der Waals surface area contributed by atoms with Gasteiger partial charge in [-0.2, -0.15) is 0 Å². The zero-order valence-corrected chi connectivity index (χ0v) is 14.3. The number of carbonyl (C=O) groups is 1. The number of nitrogens with one attached hydrogen (secondary N) is 1. The number of H-pyrrole nitrogens is 1. The van der Waals surface area contributed by atoms with Crippen LogP contribution < -0.4 is 0 Å². The standard InChI is InChI=1S/C18H18FN5O2/c1-11-20-10-14(21-11)18(25)24-9-5-4-8-15(24)17-23-22-16(26-17)12-6-2-3-7-13(12)19/h2-3,6-7,10,15H,4-5,8-9H2,1H3,(H,20,21)/t15-/m0/s1. The topological polar surface area (TPSA) is 87.9 Å². The van der Waals surface area contributed by atoms with Gasteiger partial charge in [0.05, 0.1) is 11.8 Å². The van der Waals surface area contributed by atoms with Gasteiger partial charge in [-0.3, -0.25) is 4.79 Å². The van der Waals surface area contributed by atoms with Crippen molar-refractivity contribution in [1.82, 2.24) is 25.1 Å². The maximum Gasteiger partial charge on any atom is 0.272 e. The number of aromatic nitrogens is 4. The van der Waals surface area contributed by atoms with Crippen molar-refractivity contribution in [2.24, 2.45) is 0 Å². The maximum atomic E-state index is 14.0. The average molecular weight is 355 g/mol. The van der Waals surface area contributed by atoms with E-state index in [9.17, 15) is 9.18 Å². The molecule has 134 valence electrons. The molecule has 1 aromatic carbocycles. The van der Waals surface area contributed by atoms with Gasteiger partial charge in [0, 0.05) is 6.54 Å². The molecule has 8 heteroatoms. The molecule has 2 aromatic heterocycles. The Morgan fingerprint density at radius 1 is 1.31 bits per heavy atom. The minimum absolute atomic E-state index is 0.119. The largest absolute Gasteiger partial charge is 0.418 e. The Labute approximate surface area is 149 Å². The van der Waals surface area contributed by atoms with Crippen LogP contribution in [0.5, 0.6) is 0 Å². The quantitative estimate of drug-likeness (QED) is 0.779. The van der Waals surface area contributed by atoms with Gasteiger partial charge in [-0.25, -0.2) is 9.37 Å². The van der Waals surface area contributed by atoms with E-state index in [0.29, 0.717) is 24.0 Å². The number of aromatic amines is 1. The number of aryl methyl sites for hydroxylation is 1. The highest BCUT2D eigenvalue weighted by atomic mass is 19.1. The minimum atomic E-state index is -0.424. The van der Waals surface area contributed by atoms with Crippen molar-refractivity contribution >= 4 is 5.91 Å². The number of carbonyl (C=O) groups excluding carboxylic acids is 1. The molecule has 0 saturated carbocycles. The summed E-state index contributed by atoms with van der Waals surface area (Å²) in [5, 5.41) is 8.06. The Kier molecular flexibility index (Phi) is 4.24. The predicted octanol–water partition coefficient (Wildman–Crippen LogP) is 3.27. The maximum absolute atomic E-state index is 14.0. The summed E-state index contributed by atoms with van der Waals surface area (Å²) in [6.07, 6.45) is 4.11. The molecule has 1 aliphatic rings. The summed E-state index contributed by atoms with van der Waals surface area (Å²) in [6, 6.07) is 5.91. The second-order valence-electron chi connectivity index (χ2n) is 6.32. The molecule has 0 radical (unpaired) electrons. The fraction of sp³-hybridized carbons (Fsp3) is 0.333. The van der Waals surface area contributed by atoms with Gasteiger partial charge in [0.25, 0.3) is 11.8 Å². The molecule has 1 amide bonds. The lowest BCUT2D eigenvalue weighted by molar-refractivity contribution is 0.0567. The molecule has 1 N–H and O–H groups in total. The van der Waals surface area contributed by atoms with Crippen molar-refractivity contribution in [3.05, 3.63) is 53.7 Å². The molecular weight excluding hydrogens is 337 g/mol. The van der Waals surface area contributed by atoms with Gasteiger partial charge in [0.2, 0.25) is 5.89 Å². The first-order valence-corrected chi connectivity index (χ1v) is 8.54. The lowest BCUT2D eigenvalue weighted by Crippen LogP contribution is -2.38. The Morgan fingerprint density at radius 2 is 2.15 bits per heavy atom. The molecule has 0 spiro atoms. The van der Waals surface area contributed by atoms with E-state index >= 15 is 0 Å². The zero-order chi connectivity index (χ0) is 18.1. The van der Waals surface area contributed by atoms with Gasteiger partial charge < -0.3 is 14.3 Å². The third kappa shape index (κ3) is 2.98. The lowest BCUT2D eigenvalue weighted by Gasteiger charge is -2.33. The second kappa shape index (κ2) is 6.70. The van der Waals surface area contributed by atoms with Gasteiger partial charge in [0.15, 0.2) is 0 Å². The van der Waals surface area contributed by atoms with Crippen LogP contribution in [0.15, 0.2) is 34.9 Å². The molecule has 7 nitrogen and oxygen atoms in total. The number of piperidine rings is 1. The summed E-state index contributed by atoms with van der Waals surface area (Å²) < 4.78 is 19.7. The van der Waals surface area contributed by atoms with E-state index in [4.69, 9.17) is 4.42 Å². The van der Waals surface area contributed by atoms with E-state index in [0.717, 1.165) is 19.3 Å². The van der Waals surface area contributed by atoms with E-state index < -0.39 is 5.82 Å². The van der Waals surface area contributed by atoms with Gasteiger partial charge in [0.1, 0.15) is 23.4 Å². The second-order valence-corrected chi connectivity index (χ2v) is 6.32. The van der Waals surface area contributed by atoms with Crippen LogP contribution >= 0.6 is 0 Å². The van der Waals surface area contributed by atoms with E-state index in [1.807, 2.05) is 0 Å². The Bertz CT molecular complexity index is 935. The van der Waals surface area contributed by atoms with Crippen LogP contribution in [0.25, 0.3) is 11.5 Å². The molecule has 1 aliphatic heterocycles. The van der Waals surface area contributed by atoms with Crippen LogP contribution in [0.3, 0.4) is 0 Å². The highest BCUT2D eigenvalue weighted by Crippen LogP contribution is 2.33. The SMILES string of the molecule is Cc1ncc(C(=O)N2CCCC[C@H]2c2nnc(-c3ccccc3F)o2)[nH]1. The van der Waals surface area contributed by atoms with Crippen molar-refractivity contribution in [2.75, 3.05) is 6.54 Å². The first-order chi connectivity index (χ1) is 12.6. The van der Waals surface area contributed by atoms with Crippen LogP contribution in [0.1, 0.15) is 47.5 Å². The lowest BCUT2D eigenvalue weighted by atomic mass is 10.0. The molecule has 0 unspecified atom stereocenters. The molecule has 0 aliphatic carbocycles. The summed E-state index contributed by atoms with van der Waals surface area (Å²) in [6.45, 7) is 2.39. The van der Waals surface area contributed by atoms with Crippen LogP contribution in [-0.4, -0.2) is 37.5 Å². The van der Waals surface area contributed by atoms with Crippen LogP contribution in [0.2, 0.25) is 0 Å². The molecule has 1 fully saturated rings. The normalized spacial score (nSPS) is 17.5. The van der Waals surface area contributed by atoms with Crippen molar-refractivity contribution in [3.8, 4) is 11.5 Å². The summed E-state index contributed by atoms with van der Waals surface area (Å²) in [4.78, 5) is 21.6. The van der Waals surface area contributed by atoms with Gasteiger partial charge in [-0.05, 0) is 38.3 Å². The van der Waals surface area contributed by atoms with E-state index in [-0.39, 0.29) is 23.4 Å². The third-order valence-electron chi connectivity index (χ3n) is 4.53. The molecule has 3 aromatic rings. The average Bonchev–Trinajstić information content (AvgIpc) is 3.31. The number of amides is 1. The molecule has 1 saturated heterocycles. The summed E-state index contributed by atoms with van der Waals surface area (Å²) in [5.41, 5.74) is 0.687. The predicted molar refractivity (Wildman–Crippen MR) is 90.6 cm³/mol. The van der Waals surface area contributed by atoms with Crippen molar-refractivity contribution < 1.29 is 13.6 Å². The number of rotatable bonds is 3. The molecular formula is C18H18FN5O2. The van der Waals surface area contributed by atoms with Crippen LogP contribution in [0, 0.1) is 12.7 Å². The fourth-order valence-electron chi connectivity index (χ4n) is 3.23. The van der Waals surface area contributed by atoms with Crippen molar-refractivity contribution in [3.63, 3.8) is 0 Å². The minimum Gasteiger partial charge on any atom is -0.418 e. The smallest absolute Gasteiger partial charge is 0.272 e. The molecule has 3 heterocycles. The van der Waals surface area contributed by atoms with Crippen LogP contribution in [-0.2, 0) is 0 Å². The number of likely N-dealkylation sites (tertiary alicyclic amines) is 1. The van der Waals surface area contributed by atoms with Crippen LogP contribution in [0.4, 0.5) is 4.39 Å². The van der Waals surface area contributed by atoms with E-state index in [1.165, 1.54) is 12.3 Å². The first kappa shape index (κ1) is 16.4. The number of hydrogen-bond donors (Lipinski definition) is 1. The number of halogens is 1. The number of imidazole rings is 1. The molecule has 4 rings (SSSR count). The Balaban J connectivity index is 1.63. The van der Waals surface area contributed by atoms with Gasteiger partial charge in [-0.1, -0.05) is 12.1 Å². The monoisotopic (exact) mass is 355 g/mol. The van der Waals surface area contributed by atoms with E-state index in [2.05, 4.69) is 20.2 Å². The number of nitrogens with zero attached hydrogens (tertiary/aromatic N) is 4. The Hall–Kier alpha value is -3.03. The number of hydrogen-bond acceptors (Lipinski definition) is 5. The highest BCUT2D eigenvalue weighted by Gasteiger charge is 2.33.